The molecule has 0 spiro atoms. The van der Waals surface area contributed by atoms with E-state index in [2.05, 4.69) is 16.0 Å². The molecule has 0 fully saturated rings. The number of phenols is 1. The highest BCUT2D eigenvalue weighted by Gasteiger charge is 2.25. The molecule has 0 heterocycles. The van der Waals surface area contributed by atoms with Gasteiger partial charge in [-0.2, -0.15) is 0 Å². The number of aromatic hydroxyl groups is 1. The first-order valence-electron chi connectivity index (χ1n) is 11.9. The number of ether oxygens (including phenoxy) is 1. The summed E-state index contributed by atoms with van der Waals surface area (Å²) in [5.41, 5.74) is 7.34. The fourth-order valence-corrected chi connectivity index (χ4v) is 3.28. The second-order valence-corrected chi connectivity index (χ2v) is 8.57. The molecule has 0 bridgehead atoms. The van der Waals surface area contributed by atoms with Crippen molar-refractivity contribution in [3.05, 3.63) is 65.7 Å². The Balaban J connectivity index is 1.82. The molecule has 2 aromatic rings. The van der Waals surface area contributed by atoms with Crippen LogP contribution in [0.4, 0.5) is 0 Å². The Kier molecular flexibility index (Phi) is 11.7. The van der Waals surface area contributed by atoms with Crippen LogP contribution in [0, 0.1) is 0 Å². The van der Waals surface area contributed by atoms with Gasteiger partial charge in [-0.25, -0.2) is 4.79 Å². The quantitative estimate of drug-likeness (QED) is 0.182. The third-order valence-electron chi connectivity index (χ3n) is 5.39. The van der Waals surface area contributed by atoms with Gasteiger partial charge in [-0.05, 0) is 43.0 Å². The smallest absolute Gasteiger partial charge is 0.328 e. The van der Waals surface area contributed by atoms with Crippen LogP contribution in [0.3, 0.4) is 0 Å². The van der Waals surface area contributed by atoms with Gasteiger partial charge in [0.05, 0.1) is 12.6 Å². The van der Waals surface area contributed by atoms with E-state index in [1.54, 1.807) is 42.5 Å². The Morgan fingerprint density at radius 1 is 0.921 bits per heavy atom. The summed E-state index contributed by atoms with van der Waals surface area (Å²) in [5.74, 6) is -3.87. The van der Waals surface area contributed by atoms with Gasteiger partial charge in [0, 0.05) is 6.42 Å². The lowest BCUT2D eigenvalue weighted by Crippen LogP contribution is -2.52. The molecule has 204 valence electrons. The van der Waals surface area contributed by atoms with Gasteiger partial charge in [-0.3, -0.25) is 19.2 Å². The maximum atomic E-state index is 12.5. The minimum absolute atomic E-state index is 0.0536. The van der Waals surface area contributed by atoms with Crippen molar-refractivity contribution < 1.29 is 38.9 Å². The Morgan fingerprint density at radius 3 is 2.21 bits per heavy atom. The summed E-state index contributed by atoms with van der Waals surface area (Å²) in [7, 11) is 0. The second-order valence-electron chi connectivity index (χ2n) is 8.57. The SMILES string of the molecule is C[C@H](NC(=O)[C@H](N)Cc1ccc(O)cc1)C(=O)NCC(=O)N[C@H](CCC(=O)O)C(=O)OCc1ccccc1. The first kappa shape index (κ1) is 29.8. The summed E-state index contributed by atoms with van der Waals surface area (Å²) < 4.78 is 5.20. The van der Waals surface area contributed by atoms with Gasteiger partial charge in [0.2, 0.25) is 17.7 Å². The highest BCUT2D eigenvalue weighted by molar-refractivity contribution is 5.92. The van der Waals surface area contributed by atoms with Gasteiger partial charge in [-0.15, -0.1) is 0 Å². The summed E-state index contributed by atoms with van der Waals surface area (Å²) in [4.78, 5) is 60.5. The number of benzene rings is 2. The van der Waals surface area contributed by atoms with Crippen LogP contribution in [0.15, 0.2) is 54.6 Å². The van der Waals surface area contributed by atoms with Gasteiger partial charge in [0.1, 0.15) is 24.4 Å². The average Bonchev–Trinajstić information content (AvgIpc) is 2.89. The molecule has 0 unspecified atom stereocenters. The fraction of sp³-hybridized carbons (Fsp3) is 0.346. The molecule has 0 radical (unpaired) electrons. The van der Waals surface area contributed by atoms with E-state index in [1.165, 1.54) is 19.1 Å². The van der Waals surface area contributed by atoms with Crippen LogP contribution in [0.25, 0.3) is 0 Å². The van der Waals surface area contributed by atoms with Crippen molar-refractivity contribution in [2.75, 3.05) is 6.54 Å². The molecular weight excluding hydrogens is 496 g/mol. The molecule has 12 heteroatoms. The van der Waals surface area contributed by atoms with E-state index in [4.69, 9.17) is 15.6 Å². The predicted octanol–water partition coefficient (Wildman–Crippen LogP) is -0.0241. The maximum Gasteiger partial charge on any atom is 0.328 e. The van der Waals surface area contributed by atoms with Crippen molar-refractivity contribution in [2.24, 2.45) is 5.73 Å². The lowest BCUT2D eigenvalue weighted by atomic mass is 10.1. The van der Waals surface area contributed by atoms with Crippen LogP contribution in [0.2, 0.25) is 0 Å². The number of carboxylic acids is 1. The normalized spacial score (nSPS) is 12.9. The first-order chi connectivity index (χ1) is 18.0. The van der Waals surface area contributed by atoms with E-state index >= 15 is 0 Å². The summed E-state index contributed by atoms with van der Waals surface area (Å²) in [6.45, 7) is 0.838. The zero-order chi connectivity index (χ0) is 28.1. The highest BCUT2D eigenvalue weighted by Crippen LogP contribution is 2.11. The van der Waals surface area contributed by atoms with Crippen molar-refractivity contribution in [1.82, 2.24) is 16.0 Å². The van der Waals surface area contributed by atoms with E-state index in [-0.39, 0.29) is 31.6 Å². The summed E-state index contributed by atoms with van der Waals surface area (Å²) in [6.07, 6.45) is -0.403. The largest absolute Gasteiger partial charge is 0.508 e. The number of aliphatic carboxylic acids is 1. The Labute approximate surface area is 219 Å². The molecule has 0 saturated heterocycles. The number of amides is 3. The van der Waals surface area contributed by atoms with Gasteiger partial charge in [0.25, 0.3) is 0 Å². The van der Waals surface area contributed by atoms with Gasteiger partial charge < -0.3 is 36.6 Å². The van der Waals surface area contributed by atoms with Crippen molar-refractivity contribution in [3.63, 3.8) is 0 Å². The Hall–Kier alpha value is -4.45. The number of esters is 1. The molecule has 12 nitrogen and oxygen atoms in total. The van der Waals surface area contributed by atoms with Crippen molar-refractivity contribution in [1.29, 1.82) is 0 Å². The molecule has 3 atom stereocenters. The van der Waals surface area contributed by atoms with Crippen LogP contribution in [0.1, 0.15) is 30.9 Å². The third kappa shape index (κ3) is 10.7. The van der Waals surface area contributed by atoms with Crippen molar-refractivity contribution in [3.8, 4) is 5.75 Å². The van der Waals surface area contributed by atoms with Crippen LogP contribution < -0.4 is 21.7 Å². The second kappa shape index (κ2) is 15.0. The zero-order valence-corrected chi connectivity index (χ0v) is 20.9. The standard InChI is InChI=1S/C26H32N4O8/c1-16(29-25(36)20(27)13-17-7-9-19(31)10-8-17)24(35)28-14-22(32)30-21(11-12-23(33)34)26(37)38-15-18-5-3-2-4-6-18/h2-10,16,20-21,31H,11-15,27H2,1H3,(H,28,35)(H,29,36)(H,30,32)(H,33,34)/t16-,20+,21+/m0/s1. The summed E-state index contributed by atoms with van der Waals surface area (Å²) in [6, 6.07) is 11.8. The maximum absolute atomic E-state index is 12.5. The van der Waals surface area contributed by atoms with E-state index < -0.39 is 54.3 Å². The summed E-state index contributed by atoms with van der Waals surface area (Å²) >= 11 is 0. The molecule has 0 aromatic heterocycles. The van der Waals surface area contributed by atoms with Gasteiger partial charge in [-0.1, -0.05) is 42.5 Å². The third-order valence-corrected chi connectivity index (χ3v) is 5.39. The number of rotatable bonds is 14. The number of carboxylic acid groups (broad SMARTS) is 1. The summed E-state index contributed by atoms with van der Waals surface area (Å²) in [5, 5.41) is 25.5. The monoisotopic (exact) mass is 528 g/mol. The molecule has 7 N–H and O–H groups in total. The van der Waals surface area contributed by atoms with Crippen molar-refractivity contribution >= 4 is 29.7 Å². The lowest BCUT2D eigenvalue weighted by molar-refractivity contribution is -0.149. The van der Waals surface area contributed by atoms with Crippen LogP contribution in [-0.2, 0) is 41.7 Å². The van der Waals surface area contributed by atoms with Crippen molar-refractivity contribution in [2.45, 2.75) is 50.9 Å². The van der Waals surface area contributed by atoms with Gasteiger partial charge >= 0.3 is 11.9 Å². The van der Waals surface area contributed by atoms with Crippen LogP contribution >= 0.6 is 0 Å². The molecule has 3 amide bonds. The minimum atomic E-state index is -1.23. The van der Waals surface area contributed by atoms with Crippen LogP contribution in [0.5, 0.6) is 5.75 Å². The molecule has 0 aliphatic carbocycles. The topological polar surface area (TPSA) is 197 Å². The molecule has 0 aliphatic rings. The molecule has 2 aromatic carbocycles. The van der Waals surface area contributed by atoms with E-state index in [0.717, 1.165) is 11.1 Å². The fourth-order valence-electron chi connectivity index (χ4n) is 3.28. The highest BCUT2D eigenvalue weighted by atomic mass is 16.5. The number of nitrogens with two attached hydrogens (primary N) is 1. The Bertz CT molecular complexity index is 1110. The predicted molar refractivity (Wildman–Crippen MR) is 135 cm³/mol. The zero-order valence-electron chi connectivity index (χ0n) is 20.9. The molecule has 0 aliphatic heterocycles. The first-order valence-corrected chi connectivity index (χ1v) is 11.9. The van der Waals surface area contributed by atoms with Gasteiger partial charge in [0.15, 0.2) is 0 Å². The minimum Gasteiger partial charge on any atom is -0.508 e. The average molecular weight is 529 g/mol. The molecule has 38 heavy (non-hydrogen) atoms. The molecular formula is C26H32N4O8. The number of hydrogen-bond donors (Lipinski definition) is 6. The van der Waals surface area contributed by atoms with Crippen LogP contribution in [-0.4, -0.2) is 64.5 Å². The number of phenolic OH excluding ortho intramolecular Hbond substituents is 1. The Morgan fingerprint density at radius 2 is 1.58 bits per heavy atom. The van der Waals surface area contributed by atoms with E-state index in [0.29, 0.717) is 0 Å². The van der Waals surface area contributed by atoms with E-state index in [1.807, 2.05) is 0 Å². The number of nitrogens with one attached hydrogen (secondary N) is 3. The lowest BCUT2D eigenvalue weighted by Gasteiger charge is -2.19. The number of hydrogen-bond acceptors (Lipinski definition) is 8. The number of carbonyl (C=O) groups is 5. The van der Waals surface area contributed by atoms with E-state index in [9.17, 15) is 29.1 Å². The molecule has 0 saturated carbocycles. The molecule has 2 rings (SSSR count). The number of carbonyl (C=O) groups excluding carboxylic acids is 4.